The van der Waals surface area contributed by atoms with Gasteiger partial charge in [-0.05, 0) is 45.6 Å². The van der Waals surface area contributed by atoms with E-state index in [4.69, 9.17) is 28.1 Å². The van der Waals surface area contributed by atoms with E-state index < -0.39 is 69.7 Å². The van der Waals surface area contributed by atoms with Gasteiger partial charge in [0.05, 0.1) is 36.1 Å². The monoisotopic (exact) mass is 528 g/mol. The molecule has 1 aromatic heterocycles. The number of furan rings is 1. The van der Waals surface area contributed by atoms with Gasteiger partial charge in [0.2, 0.25) is 0 Å². The lowest BCUT2D eigenvalue weighted by Gasteiger charge is -2.65. The zero-order chi connectivity index (χ0) is 27.0. The van der Waals surface area contributed by atoms with Crippen LogP contribution in [0.2, 0.25) is 0 Å². The maximum absolute atomic E-state index is 14.8. The fourth-order valence-electron chi connectivity index (χ4n) is 9.78. The van der Waals surface area contributed by atoms with Gasteiger partial charge in [-0.3, -0.25) is 14.4 Å². The van der Waals surface area contributed by atoms with E-state index in [0.29, 0.717) is 18.4 Å². The Hall–Kier alpha value is -2.72. The molecule has 0 radical (unpaired) electrons. The minimum absolute atomic E-state index is 0.0434. The first-order valence-corrected chi connectivity index (χ1v) is 13.3. The van der Waals surface area contributed by atoms with Crippen molar-refractivity contribution in [2.45, 2.75) is 89.5 Å². The Morgan fingerprint density at radius 1 is 1.08 bits per heavy atom. The fourth-order valence-corrected chi connectivity index (χ4v) is 9.78. The van der Waals surface area contributed by atoms with Gasteiger partial charge in [0.25, 0.3) is 0 Å². The summed E-state index contributed by atoms with van der Waals surface area (Å²) >= 11 is 0. The molecule has 2 saturated carbocycles. The summed E-state index contributed by atoms with van der Waals surface area (Å²) in [6.45, 7) is 8.93. The highest BCUT2D eigenvalue weighted by Gasteiger charge is 2.91. The Morgan fingerprint density at radius 2 is 1.84 bits per heavy atom. The van der Waals surface area contributed by atoms with E-state index in [1.807, 2.05) is 27.7 Å². The Kier molecular flexibility index (Phi) is 4.53. The molecule has 0 unspecified atom stereocenters. The van der Waals surface area contributed by atoms with Crippen LogP contribution < -0.4 is 0 Å². The molecule has 5 heterocycles. The third kappa shape index (κ3) is 2.48. The summed E-state index contributed by atoms with van der Waals surface area (Å²) in [5, 5.41) is 0. The molecule has 38 heavy (non-hydrogen) atoms. The van der Waals surface area contributed by atoms with Crippen LogP contribution in [0.4, 0.5) is 0 Å². The average molecular weight is 529 g/mol. The van der Waals surface area contributed by atoms with Crippen molar-refractivity contribution >= 4 is 23.7 Å². The topological polar surface area (TPSA) is 131 Å². The molecule has 4 aliphatic heterocycles. The Morgan fingerprint density at radius 3 is 2.53 bits per heavy atom. The molecule has 6 fully saturated rings. The SMILES string of the molecule is CC(=O)O[C@H]1C(=O)[C@]2(C)[C@@H](CC[C@@]3(C)[C@H](c4ccoc4)OC(=O)[C@H]4O[C@]432)[C@@]23COC(=O)C[C@@H]2OC(C)(C)[C@H]13. The first kappa shape index (κ1) is 24.3. The molecular weight excluding hydrogens is 496 g/mol. The van der Waals surface area contributed by atoms with Gasteiger partial charge in [0, 0.05) is 29.2 Å². The van der Waals surface area contributed by atoms with Crippen LogP contribution in [0.3, 0.4) is 0 Å². The highest BCUT2D eigenvalue weighted by atomic mass is 16.7. The average Bonchev–Trinajstić information content (AvgIpc) is 3.31. The van der Waals surface area contributed by atoms with Crippen molar-refractivity contribution in [2.24, 2.45) is 28.1 Å². The normalized spacial score (nSPS) is 49.9. The number of Topliss-reactive ketones (excluding diaryl/α,β-unsaturated/α-hetero) is 1. The van der Waals surface area contributed by atoms with Gasteiger partial charge >= 0.3 is 17.9 Å². The molecule has 0 amide bonds. The molecule has 2 spiro atoms. The van der Waals surface area contributed by atoms with Crippen molar-refractivity contribution in [3.63, 3.8) is 0 Å². The lowest BCUT2D eigenvalue weighted by atomic mass is 9.36. The van der Waals surface area contributed by atoms with Gasteiger partial charge in [-0.15, -0.1) is 0 Å². The third-order valence-corrected chi connectivity index (χ3v) is 11.0. The molecule has 6 aliphatic rings. The molecule has 0 aromatic carbocycles. The molecule has 10 heteroatoms. The number of fused-ring (bicyclic) bond motifs is 1. The second-order valence-corrected chi connectivity index (χ2v) is 12.9. The fraction of sp³-hybridized carbons (Fsp3) is 0.714. The van der Waals surface area contributed by atoms with Crippen LogP contribution in [0.1, 0.15) is 65.5 Å². The number of hydrogen-bond donors (Lipinski definition) is 0. The number of esters is 3. The van der Waals surface area contributed by atoms with Gasteiger partial charge in [-0.1, -0.05) is 6.92 Å². The van der Waals surface area contributed by atoms with E-state index in [2.05, 4.69) is 0 Å². The van der Waals surface area contributed by atoms with E-state index in [0.717, 1.165) is 0 Å². The molecular formula is C28H32O10. The summed E-state index contributed by atoms with van der Waals surface area (Å²) in [4.78, 5) is 53.0. The van der Waals surface area contributed by atoms with Crippen molar-refractivity contribution in [1.29, 1.82) is 0 Å². The molecule has 1 aromatic rings. The summed E-state index contributed by atoms with van der Waals surface area (Å²) in [6, 6.07) is 1.76. The van der Waals surface area contributed by atoms with E-state index >= 15 is 0 Å². The van der Waals surface area contributed by atoms with Crippen LogP contribution >= 0.6 is 0 Å². The molecule has 10 atom stereocenters. The maximum atomic E-state index is 14.8. The lowest BCUT2D eigenvalue weighted by molar-refractivity contribution is -0.240. The third-order valence-electron chi connectivity index (χ3n) is 11.0. The standard InChI is InChI=1S/C28H32O10/c1-13(29)35-18-19-24(2,3)37-16-10-17(30)34-12-27(16,19)15-6-8-25(4)21(14-7-9-33-11-14)36-23(32)22-28(25,38-22)26(15,5)20(18)31/h7,9,11,15-16,18-19,21-22H,6,8,10,12H2,1-5H3/t15-,16+,18-,19+,21+,22-,25+,26+,27+,28-/m1/s1. The number of epoxide rings is 1. The molecule has 0 bridgehead atoms. The van der Waals surface area contributed by atoms with E-state index in [1.54, 1.807) is 12.3 Å². The van der Waals surface area contributed by atoms with Crippen molar-refractivity contribution < 1.29 is 47.3 Å². The highest BCUT2D eigenvalue weighted by molar-refractivity contribution is 5.97. The minimum Gasteiger partial charge on any atom is -0.472 e. The molecule has 4 saturated heterocycles. The molecule has 2 aliphatic carbocycles. The van der Waals surface area contributed by atoms with Gasteiger partial charge in [-0.25, -0.2) is 4.79 Å². The van der Waals surface area contributed by atoms with Gasteiger partial charge in [0.15, 0.2) is 18.0 Å². The summed E-state index contributed by atoms with van der Waals surface area (Å²) in [5.74, 6) is -2.65. The van der Waals surface area contributed by atoms with Gasteiger partial charge in [-0.2, -0.15) is 0 Å². The predicted molar refractivity (Wildman–Crippen MR) is 125 cm³/mol. The summed E-state index contributed by atoms with van der Waals surface area (Å²) in [5.41, 5.74) is -4.21. The molecule has 204 valence electrons. The van der Waals surface area contributed by atoms with E-state index in [9.17, 15) is 19.2 Å². The predicted octanol–water partition coefficient (Wildman–Crippen LogP) is 2.68. The Balaban J connectivity index is 1.45. The van der Waals surface area contributed by atoms with Crippen molar-refractivity contribution in [1.82, 2.24) is 0 Å². The van der Waals surface area contributed by atoms with Crippen LogP contribution in [0.5, 0.6) is 0 Å². The first-order chi connectivity index (χ1) is 17.8. The second kappa shape index (κ2) is 7.07. The van der Waals surface area contributed by atoms with Crippen LogP contribution in [-0.2, 0) is 42.9 Å². The lowest BCUT2D eigenvalue weighted by Crippen LogP contribution is -2.76. The zero-order valence-electron chi connectivity index (χ0n) is 22.1. The van der Waals surface area contributed by atoms with E-state index in [-0.39, 0.29) is 30.7 Å². The zero-order valence-corrected chi connectivity index (χ0v) is 22.1. The van der Waals surface area contributed by atoms with Crippen LogP contribution in [0.15, 0.2) is 23.0 Å². The Bertz CT molecular complexity index is 1270. The summed E-state index contributed by atoms with van der Waals surface area (Å²) < 4.78 is 35.7. The summed E-state index contributed by atoms with van der Waals surface area (Å²) in [6.07, 6.45) is 0.994. The number of cyclic esters (lactones) is 2. The van der Waals surface area contributed by atoms with Gasteiger partial charge < -0.3 is 28.1 Å². The number of hydrogen-bond acceptors (Lipinski definition) is 10. The quantitative estimate of drug-likeness (QED) is 0.321. The Labute approximate surface area is 219 Å². The number of ether oxygens (including phenoxy) is 5. The highest BCUT2D eigenvalue weighted by Crippen LogP contribution is 2.79. The second-order valence-electron chi connectivity index (χ2n) is 12.9. The molecule has 10 nitrogen and oxygen atoms in total. The number of carbonyl (C=O) groups is 4. The molecule has 7 rings (SSSR count). The van der Waals surface area contributed by atoms with Gasteiger partial charge in [0.1, 0.15) is 18.3 Å². The number of carbonyl (C=O) groups excluding carboxylic acids is 4. The van der Waals surface area contributed by atoms with Crippen molar-refractivity contribution in [2.75, 3.05) is 6.61 Å². The van der Waals surface area contributed by atoms with Crippen molar-refractivity contribution in [3.8, 4) is 0 Å². The number of ketones is 1. The van der Waals surface area contributed by atoms with Crippen LogP contribution in [-0.4, -0.2) is 59.8 Å². The van der Waals surface area contributed by atoms with Crippen molar-refractivity contribution in [3.05, 3.63) is 24.2 Å². The minimum atomic E-state index is -1.26. The first-order valence-electron chi connectivity index (χ1n) is 13.3. The number of rotatable bonds is 2. The summed E-state index contributed by atoms with van der Waals surface area (Å²) in [7, 11) is 0. The largest absolute Gasteiger partial charge is 0.472 e. The smallest absolute Gasteiger partial charge is 0.339 e. The van der Waals surface area contributed by atoms with E-state index in [1.165, 1.54) is 13.2 Å². The molecule has 0 N–H and O–H groups in total. The van der Waals surface area contributed by atoms with Crippen LogP contribution in [0, 0.1) is 28.1 Å². The van der Waals surface area contributed by atoms with Crippen LogP contribution in [0.25, 0.3) is 0 Å². The maximum Gasteiger partial charge on any atom is 0.339 e.